The molecule has 0 atom stereocenters. The van der Waals surface area contributed by atoms with Crippen LogP contribution in [-0.2, 0) is 26.1 Å². The first-order valence-electron chi connectivity index (χ1n) is 11.3. The molecular weight excluding hydrogens is 450 g/mol. The first kappa shape index (κ1) is 23.9. The van der Waals surface area contributed by atoms with Crippen molar-refractivity contribution in [3.05, 3.63) is 90.0 Å². The van der Waals surface area contributed by atoms with Crippen molar-refractivity contribution in [2.24, 2.45) is 0 Å². The second kappa shape index (κ2) is 10.8. The van der Waals surface area contributed by atoms with Crippen molar-refractivity contribution in [3.8, 4) is 0 Å². The van der Waals surface area contributed by atoms with Crippen molar-refractivity contribution >= 4 is 27.3 Å². The predicted molar refractivity (Wildman–Crippen MR) is 133 cm³/mol. The van der Waals surface area contributed by atoms with E-state index < -0.39 is 10.0 Å². The van der Waals surface area contributed by atoms with Gasteiger partial charge in [0.2, 0.25) is 15.9 Å². The number of sulfonamides is 1. The highest BCUT2D eigenvalue weighted by atomic mass is 32.2. The molecular formula is C26H29N3O4S. The molecule has 3 aromatic rings. The number of ether oxygens (including phenoxy) is 1. The molecule has 7 nitrogen and oxygen atoms in total. The van der Waals surface area contributed by atoms with Gasteiger partial charge in [0.15, 0.2) is 0 Å². The van der Waals surface area contributed by atoms with E-state index in [0.717, 1.165) is 16.8 Å². The Kier molecular flexibility index (Phi) is 7.62. The summed E-state index contributed by atoms with van der Waals surface area (Å²) < 4.78 is 32.6. The molecule has 1 N–H and O–H groups in total. The van der Waals surface area contributed by atoms with Crippen molar-refractivity contribution in [2.75, 3.05) is 43.1 Å². The minimum Gasteiger partial charge on any atom is -0.379 e. The molecule has 34 heavy (non-hydrogen) atoms. The summed E-state index contributed by atoms with van der Waals surface area (Å²) in [5.41, 5.74) is 3.62. The fourth-order valence-electron chi connectivity index (χ4n) is 3.84. The Morgan fingerprint density at radius 2 is 1.68 bits per heavy atom. The number of anilines is 2. The number of benzene rings is 3. The molecule has 0 aliphatic carbocycles. The lowest BCUT2D eigenvalue weighted by molar-refractivity contribution is -0.115. The number of carbonyl (C=O) groups excluding carboxylic acids is 1. The zero-order valence-corrected chi connectivity index (χ0v) is 20.0. The van der Waals surface area contributed by atoms with E-state index in [1.807, 2.05) is 66.4 Å². The Bertz CT molecular complexity index is 1210. The molecule has 0 saturated carbocycles. The number of morpholine rings is 1. The van der Waals surface area contributed by atoms with E-state index in [0.29, 0.717) is 38.5 Å². The van der Waals surface area contributed by atoms with Crippen LogP contribution in [0, 0.1) is 6.92 Å². The van der Waals surface area contributed by atoms with E-state index in [9.17, 15) is 13.2 Å². The van der Waals surface area contributed by atoms with E-state index in [1.165, 1.54) is 10.4 Å². The fourth-order valence-corrected chi connectivity index (χ4v) is 5.30. The number of nitrogens with zero attached hydrogens (tertiary/aromatic N) is 2. The van der Waals surface area contributed by atoms with Gasteiger partial charge in [0.05, 0.1) is 24.7 Å². The van der Waals surface area contributed by atoms with Crippen molar-refractivity contribution in [1.82, 2.24) is 4.31 Å². The summed E-state index contributed by atoms with van der Waals surface area (Å²) in [5.74, 6) is -0.225. The van der Waals surface area contributed by atoms with Crippen LogP contribution in [0.1, 0.15) is 11.1 Å². The van der Waals surface area contributed by atoms with Crippen LogP contribution in [-0.4, -0.2) is 51.5 Å². The van der Waals surface area contributed by atoms with Crippen LogP contribution in [0.25, 0.3) is 0 Å². The van der Waals surface area contributed by atoms with E-state index in [1.54, 1.807) is 18.2 Å². The highest BCUT2D eigenvalue weighted by molar-refractivity contribution is 7.89. The first-order valence-corrected chi connectivity index (χ1v) is 12.7. The van der Waals surface area contributed by atoms with Gasteiger partial charge < -0.3 is 15.0 Å². The van der Waals surface area contributed by atoms with Gasteiger partial charge >= 0.3 is 0 Å². The Morgan fingerprint density at radius 3 is 2.38 bits per heavy atom. The Labute approximate surface area is 201 Å². The van der Waals surface area contributed by atoms with Crippen molar-refractivity contribution in [2.45, 2.75) is 18.4 Å². The molecule has 1 amide bonds. The second-order valence-corrected chi connectivity index (χ2v) is 10.2. The summed E-state index contributed by atoms with van der Waals surface area (Å²) in [6, 6.07) is 24.4. The molecule has 0 aromatic heterocycles. The number of nitrogens with one attached hydrogen (secondary N) is 1. The quantitative estimate of drug-likeness (QED) is 0.534. The van der Waals surface area contributed by atoms with Gasteiger partial charge in [0.25, 0.3) is 0 Å². The summed E-state index contributed by atoms with van der Waals surface area (Å²) in [4.78, 5) is 15.1. The molecule has 4 rings (SSSR count). The van der Waals surface area contributed by atoms with Crippen molar-refractivity contribution in [3.63, 3.8) is 0 Å². The van der Waals surface area contributed by atoms with Gasteiger partial charge in [-0.1, -0.05) is 54.1 Å². The minimum absolute atomic E-state index is 0.123. The normalized spacial score (nSPS) is 14.5. The van der Waals surface area contributed by atoms with Crippen LogP contribution in [0.4, 0.5) is 11.4 Å². The largest absolute Gasteiger partial charge is 0.379 e. The van der Waals surface area contributed by atoms with Crippen LogP contribution in [0.5, 0.6) is 0 Å². The summed E-state index contributed by atoms with van der Waals surface area (Å²) in [7, 11) is -3.64. The molecule has 1 aliphatic rings. The molecule has 3 aromatic carbocycles. The van der Waals surface area contributed by atoms with Crippen LogP contribution in [0.2, 0.25) is 0 Å². The van der Waals surface area contributed by atoms with E-state index in [-0.39, 0.29) is 17.3 Å². The highest BCUT2D eigenvalue weighted by Crippen LogP contribution is 2.22. The first-order chi connectivity index (χ1) is 16.4. The van der Waals surface area contributed by atoms with Gasteiger partial charge in [-0.3, -0.25) is 4.79 Å². The van der Waals surface area contributed by atoms with Gasteiger partial charge in [-0.05, 0) is 42.8 Å². The summed E-state index contributed by atoms with van der Waals surface area (Å²) in [5, 5.41) is 2.87. The maximum atomic E-state index is 13.0. The maximum Gasteiger partial charge on any atom is 0.243 e. The Hall–Kier alpha value is -3.20. The monoisotopic (exact) mass is 479 g/mol. The number of rotatable bonds is 8. The van der Waals surface area contributed by atoms with Crippen LogP contribution >= 0.6 is 0 Å². The zero-order valence-electron chi connectivity index (χ0n) is 19.2. The summed E-state index contributed by atoms with van der Waals surface area (Å²) >= 11 is 0. The number of hydrogen-bond acceptors (Lipinski definition) is 5. The zero-order chi connectivity index (χ0) is 24.0. The Balaban J connectivity index is 1.49. The average molecular weight is 480 g/mol. The summed E-state index contributed by atoms with van der Waals surface area (Å²) in [6.07, 6.45) is 0. The van der Waals surface area contributed by atoms with Gasteiger partial charge in [-0.25, -0.2) is 8.42 Å². The number of aryl methyl sites for hydroxylation is 1. The van der Waals surface area contributed by atoms with E-state index >= 15 is 0 Å². The van der Waals surface area contributed by atoms with Gasteiger partial charge in [-0.15, -0.1) is 0 Å². The smallest absolute Gasteiger partial charge is 0.243 e. The lowest BCUT2D eigenvalue weighted by Gasteiger charge is -2.26. The number of hydrogen-bond donors (Lipinski definition) is 1. The topological polar surface area (TPSA) is 79.0 Å². The van der Waals surface area contributed by atoms with Crippen molar-refractivity contribution < 1.29 is 17.9 Å². The van der Waals surface area contributed by atoms with Crippen LogP contribution in [0.15, 0.2) is 83.8 Å². The van der Waals surface area contributed by atoms with Crippen molar-refractivity contribution in [1.29, 1.82) is 0 Å². The second-order valence-electron chi connectivity index (χ2n) is 8.27. The molecule has 1 saturated heterocycles. The number of amides is 1. The predicted octanol–water partition coefficient (Wildman–Crippen LogP) is 3.66. The molecule has 0 unspecified atom stereocenters. The standard InChI is InChI=1S/C26H29N3O4S/c1-21-10-12-24(13-11-21)28(19-22-6-3-2-4-7-22)20-26(30)27-23-8-5-9-25(18-23)34(31,32)29-14-16-33-17-15-29/h2-13,18H,14-17,19-20H2,1H3,(H,27,30). The van der Waals surface area contributed by atoms with Gasteiger partial charge in [0.1, 0.15) is 0 Å². The molecule has 1 fully saturated rings. The molecule has 0 bridgehead atoms. The van der Waals surface area contributed by atoms with Gasteiger partial charge in [0, 0.05) is 31.0 Å². The molecule has 178 valence electrons. The summed E-state index contributed by atoms with van der Waals surface area (Å²) in [6.45, 7) is 4.13. The molecule has 0 radical (unpaired) electrons. The van der Waals surface area contributed by atoms with Gasteiger partial charge in [-0.2, -0.15) is 4.31 Å². The SMILES string of the molecule is Cc1ccc(N(CC(=O)Nc2cccc(S(=O)(=O)N3CCOCC3)c2)Cc2ccccc2)cc1. The molecule has 1 heterocycles. The molecule has 8 heteroatoms. The van der Waals surface area contributed by atoms with Crippen LogP contribution < -0.4 is 10.2 Å². The third kappa shape index (κ3) is 6.02. The maximum absolute atomic E-state index is 13.0. The third-order valence-electron chi connectivity index (χ3n) is 5.68. The van der Waals surface area contributed by atoms with Crippen LogP contribution in [0.3, 0.4) is 0 Å². The third-order valence-corrected chi connectivity index (χ3v) is 7.57. The van der Waals surface area contributed by atoms with E-state index in [2.05, 4.69) is 5.32 Å². The highest BCUT2D eigenvalue weighted by Gasteiger charge is 2.26. The van der Waals surface area contributed by atoms with E-state index in [4.69, 9.17) is 4.74 Å². The Morgan fingerprint density at radius 1 is 0.971 bits per heavy atom. The minimum atomic E-state index is -3.64. The lowest BCUT2D eigenvalue weighted by atomic mass is 10.1. The molecule has 1 aliphatic heterocycles. The fraction of sp³-hybridized carbons (Fsp3) is 0.269. The number of carbonyl (C=O) groups is 1. The molecule has 0 spiro atoms. The average Bonchev–Trinajstić information content (AvgIpc) is 2.85. The lowest BCUT2D eigenvalue weighted by Crippen LogP contribution is -2.40.